The fourth-order valence-corrected chi connectivity index (χ4v) is 1.94. The summed E-state index contributed by atoms with van der Waals surface area (Å²) in [6, 6.07) is 3.95. The van der Waals surface area contributed by atoms with Crippen LogP contribution in [0.5, 0.6) is 0 Å². The molecule has 1 aliphatic heterocycles. The van der Waals surface area contributed by atoms with E-state index in [0.29, 0.717) is 6.54 Å². The van der Waals surface area contributed by atoms with Crippen molar-refractivity contribution >= 4 is 5.82 Å². The maximum atomic E-state index is 9.50. The molecule has 0 spiro atoms. The highest BCUT2D eigenvalue weighted by molar-refractivity contribution is 5.43. The van der Waals surface area contributed by atoms with Crippen LogP contribution in [0.2, 0.25) is 0 Å². The van der Waals surface area contributed by atoms with Crippen LogP contribution < -0.4 is 10.6 Å². The number of β-amino-alcohol motifs (C(OH)–C–C–N with tert-alkyl or cyclic N) is 1. The lowest BCUT2D eigenvalue weighted by Crippen LogP contribution is -2.29. The van der Waals surface area contributed by atoms with Crippen LogP contribution in [0.15, 0.2) is 18.3 Å². The second-order valence-electron chi connectivity index (χ2n) is 5.01. The first-order chi connectivity index (χ1) is 7.47. The van der Waals surface area contributed by atoms with E-state index in [1.165, 1.54) is 0 Å². The van der Waals surface area contributed by atoms with Crippen LogP contribution in [0.3, 0.4) is 0 Å². The van der Waals surface area contributed by atoms with Crippen LogP contribution in [0.4, 0.5) is 5.82 Å². The minimum Gasteiger partial charge on any atom is -0.391 e. The molecule has 0 aliphatic carbocycles. The first kappa shape index (κ1) is 11.4. The average Bonchev–Trinajstić information content (AvgIpc) is 2.64. The molecule has 88 valence electrons. The SMILES string of the molecule is CC(C)(N)c1ccnc(N2CCC(O)C2)c1. The van der Waals surface area contributed by atoms with Gasteiger partial charge in [0.15, 0.2) is 0 Å². The standard InChI is InChI=1S/C12H19N3O/c1-12(2,13)9-3-5-14-11(7-9)15-6-4-10(16)8-15/h3,5,7,10,16H,4,6,8,13H2,1-2H3. The third kappa shape index (κ3) is 2.33. The van der Waals surface area contributed by atoms with Crippen LogP contribution in [-0.4, -0.2) is 29.3 Å². The van der Waals surface area contributed by atoms with Crippen LogP contribution in [0.1, 0.15) is 25.8 Å². The number of nitrogens with zero attached hydrogens (tertiary/aromatic N) is 2. The molecule has 0 radical (unpaired) electrons. The van der Waals surface area contributed by atoms with Gasteiger partial charge in [-0.15, -0.1) is 0 Å². The second kappa shape index (κ2) is 4.03. The molecule has 0 saturated carbocycles. The summed E-state index contributed by atoms with van der Waals surface area (Å²) in [6.45, 7) is 5.49. The largest absolute Gasteiger partial charge is 0.391 e. The van der Waals surface area contributed by atoms with Gasteiger partial charge in [0.1, 0.15) is 5.82 Å². The lowest BCUT2D eigenvalue weighted by molar-refractivity contribution is 0.198. The molecule has 0 bridgehead atoms. The van der Waals surface area contributed by atoms with Crippen molar-refractivity contribution in [1.29, 1.82) is 0 Å². The monoisotopic (exact) mass is 221 g/mol. The first-order valence-electron chi connectivity index (χ1n) is 5.65. The van der Waals surface area contributed by atoms with Crippen molar-refractivity contribution < 1.29 is 5.11 Å². The van der Waals surface area contributed by atoms with E-state index in [9.17, 15) is 5.11 Å². The number of aromatic nitrogens is 1. The number of aliphatic hydroxyl groups is 1. The second-order valence-corrected chi connectivity index (χ2v) is 5.01. The number of anilines is 1. The van der Waals surface area contributed by atoms with E-state index in [4.69, 9.17) is 5.73 Å². The zero-order chi connectivity index (χ0) is 11.8. The van der Waals surface area contributed by atoms with Crippen LogP contribution >= 0.6 is 0 Å². The first-order valence-corrected chi connectivity index (χ1v) is 5.65. The van der Waals surface area contributed by atoms with E-state index in [-0.39, 0.29) is 11.6 Å². The minimum absolute atomic E-state index is 0.226. The molecule has 0 aromatic carbocycles. The zero-order valence-electron chi connectivity index (χ0n) is 9.85. The van der Waals surface area contributed by atoms with Crippen molar-refractivity contribution in [3.05, 3.63) is 23.9 Å². The van der Waals surface area contributed by atoms with Gasteiger partial charge >= 0.3 is 0 Å². The van der Waals surface area contributed by atoms with Crippen LogP contribution in [0.25, 0.3) is 0 Å². The van der Waals surface area contributed by atoms with Gasteiger partial charge in [-0.25, -0.2) is 4.98 Å². The van der Waals surface area contributed by atoms with Crippen molar-refractivity contribution in [2.45, 2.75) is 31.9 Å². The van der Waals surface area contributed by atoms with E-state index >= 15 is 0 Å². The highest BCUT2D eigenvalue weighted by Gasteiger charge is 2.22. The Bertz CT molecular complexity index is 373. The van der Waals surface area contributed by atoms with Gasteiger partial charge in [0.2, 0.25) is 0 Å². The van der Waals surface area contributed by atoms with Crippen molar-refractivity contribution in [2.75, 3.05) is 18.0 Å². The Balaban J connectivity index is 2.23. The molecule has 1 saturated heterocycles. The van der Waals surface area contributed by atoms with Gasteiger partial charge in [0.05, 0.1) is 6.10 Å². The van der Waals surface area contributed by atoms with Crippen molar-refractivity contribution in [2.24, 2.45) is 5.73 Å². The van der Waals surface area contributed by atoms with E-state index in [0.717, 1.165) is 24.3 Å². The fourth-order valence-electron chi connectivity index (χ4n) is 1.94. The number of aliphatic hydroxyl groups excluding tert-OH is 1. The van der Waals surface area contributed by atoms with Gasteiger partial charge in [-0.2, -0.15) is 0 Å². The molecule has 16 heavy (non-hydrogen) atoms. The van der Waals surface area contributed by atoms with Crippen molar-refractivity contribution in [3.8, 4) is 0 Å². The summed E-state index contributed by atoms with van der Waals surface area (Å²) in [6.07, 6.45) is 2.37. The van der Waals surface area contributed by atoms with Gasteiger partial charge in [-0.3, -0.25) is 0 Å². The molecule has 1 aromatic rings. The maximum absolute atomic E-state index is 9.50. The molecule has 1 fully saturated rings. The minimum atomic E-state index is -0.351. The van der Waals surface area contributed by atoms with Gasteiger partial charge in [-0.05, 0) is 38.0 Å². The molecule has 1 aliphatic rings. The van der Waals surface area contributed by atoms with Gasteiger partial charge in [0.25, 0.3) is 0 Å². The molecular formula is C12H19N3O. The molecule has 3 N–H and O–H groups in total. The highest BCUT2D eigenvalue weighted by Crippen LogP contribution is 2.23. The molecule has 1 unspecified atom stereocenters. The van der Waals surface area contributed by atoms with Crippen LogP contribution in [0, 0.1) is 0 Å². The summed E-state index contributed by atoms with van der Waals surface area (Å²) in [5.41, 5.74) is 6.77. The van der Waals surface area contributed by atoms with Gasteiger partial charge in [0, 0.05) is 24.8 Å². The Morgan fingerprint density at radius 2 is 2.31 bits per heavy atom. The average molecular weight is 221 g/mol. The normalized spacial score (nSPS) is 21.5. The predicted octanol–water partition coefficient (Wildman–Crippen LogP) is 0.846. The fraction of sp³-hybridized carbons (Fsp3) is 0.583. The Hall–Kier alpha value is -1.13. The lowest BCUT2D eigenvalue weighted by atomic mass is 9.97. The maximum Gasteiger partial charge on any atom is 0.128 e. The third-order valence-electron chi connectivity index (χ3n) is 2.98. The number of nitrogens with two attached hydrogens (primary N) is 1. The molecule has 1 atom stereocenters. The summed E-state index contributed by atoms with van der Waals surface area (Å²) in [5, 5.41) is 9.50. The van der Waals surface area contributed by atoms with E-state index < -0.39 is 0 Å². The lowest BCUT2D eigenvalue weighted by Gasteiger charge is -2.22. The Morgan fingerprint density at radius 1 is 1.56 bits per heavy atom. The Labute approximate surface area is 96.1 Å². The topological polar surface area (TPSA) is 62.4 Å². The van der Waals surface area contributed by atoms with Gasteiger partial charge < -0.3 is 15.7 Å². The summed E-state index contributed by atoms with van der Waals surface area (Å²) >= 11 is 0. The van der Waals surface area contributed by atoms with Gasteiger partial charge in [-0.1, -0.05) is 0 Å². The third-order valence-corrected chi connectivity index (χ3v) is 2.98. The van der Waals surface area contributed by atoms with E-state index in [2.05, 4.69) is 9.88 Å². The van der Waals surface area contributed by atoms with E-state index in [1.54, 1.807) is 6.20 Å². The number of rotatable bonds is 2. The van der Waals surface area contributed by atoms with Crippen LogP contribution in [-0.2, 0) is 5.54 Å². The molecule has 2 heterocycles. The predicted molar refractivity (Wildman–Crippen MR) is 64.3 cm³/mol. The van der Waals surface area contributed by atoms with Crippen molar-refractivity contribution in [3.63, 3.8) is 0 Å². The summed E-state index contributed by atoms with van der Waals surface area (Å²) in [7, 11) is 0. The highest BCUT2D eigenvalue weighted by atomic mass is 16.3. The quantitative estimate of drug-likeness (QED) is 0.777. The summed E-state index contributed by atoms with van der Waals surface area (Å²) in [4.78, 5) is 6.43. The molecule has 0 amide bonds. The molecule has 4 heteroatoms. The number of pyridine rings is 1. The van der Waals surface area contributed by atoms with E-state index in [1.807, 2.05) is 26.0 Å². The zero-order valence-corrected chi connectivity index (χ0v) is 9.85. The number of hydrogen-bond acceptors (Lipinski definition) is 4. The number of hydrogen-bond donors (Lipinski definition) is 2. The summed E-state index contributed by atoms with van der Waals surface area (Å²) < 4.78 is 0. The Morgan fingerprint density at radius 3 is 2.88 bits per heavy atom. The molecule has 1 aromatic heterocycles. The molecule has 2 rings (SSSR count). The molecular weight excluding hydrogens is 202 g/mol. The smallest absolute Gasteiger partial charge is 0.128 e. The van der Waals surface area contributed by atoms with Crippen molar-refractivity contribution in [1.82, 2.24) is 4.98 Å². The Kier molecular flexibility index (Phi) is 2.86. The summed E-state index contributed by atoms with van der Waals surface area (Å²) in [5.74, 6) is 0.910. The molecule has 4 nitrogen and oxygen atoms in total.